The van der Waals surface area contributed by atoms with Gasteiger partial charge < -0.3 is 9.15 Å². The summed E-state index contributed by atoms with van der Waals surface area (Å²) in [7, 11) is 0. The van der Waals surface area contributed by atoms with Gasteiger partial charge in [-0.05, 0) is 49.1 Å². The molecule has 0 saturated heterocycles. The van der Waals surface area contributed by atoms with Crippen molar-refractivity contribution in [3.8, 4) is 5.75 Å². The Labute approximate surface area is 177 Å². The summed E-state index contributed by atoms with van der Waals surface area (Å²) in [5.74, 6) is -7.70. The molecule has 1 aromatic heterocycles. The van der Waals surface area contributed by atoms with E-state index >= 15 is 0 Å². The summed E-state index contributed by atoms with van der Waals surface area (Å²) in [6.45, 7) is 6.11. The SMILES string of the molecule is CC(C)(C)C1CCC(=NNC(=O)c2ccc(COc3c(F)c(F)cc(F)c3F)o2)CC1. The number of carbonyl (C=O) groups is 1. The first-order valence-electron chi connectivity index (χ1n) is 9.96. The van der Waals surface area contributed by atoms with E-state index in [1.54, 1.807) is 0 Å². The number of rotatable bonds is 5. The average Bonchev–Trinajstić information content (AvgIpc) is 3.19. The van der Waals surface area contributed by atoms with Gasteiger partial charge in [0.15, 0.2) is 23.1 Å². The Morgan fingerprint density at radius 2 is 1.74 bits per heavy atom. The number of nitrogens with one attached hydrogen (secondary N) is 1. The molecule has 1 heterocycles. The van der Waals surface area contributed by atoms with Crippen LogP contribution in [0.2, 0.25) is 0 Å². The molecule has 1 aliphatic carbocycles. The van der Waals surface area contributed by atoms with Gasteiger partial charge in [-0.3, -0.25) is 4.79 Å². The van der Waals surface area contributed by atoms with Gasteiger partial charge in [-0.2, -0.15) is 13.9 Å². The number of carbonyl (C=O) groups excluding carboxylic acids is 1. The van der Waals surface area contributed by atoms with E-state index in [4.69, 9.17) is 9.15 Å². The van der Waals surface area contributed by atoms with Crippen LogP contribution in [0.4, 0.5) is 17.6 Å². The van der Waals surface area contributed by atoms with Gasteiger partial charge >= 0.3 is 5.91 Å². The first kappa shape index (κ1) is 22.8. The lowest BCUT2D eigenvalue weighted by Crippen LogP contribution is -2.27. The molecule has 1 N–H and O–H groups in total. The molecule has 0 aliphatic heterocycles. The molecule has 3 rings (SSSR count). The van der Waals surface area contributed by atoms with Crippen molar-refractivity contribution in [3.63, 3.8) is 0 Å². The van der Waals surface area contributed by atoms with Crippen LogP contribution < -0.4 is 10.2 Å². The van der Waals surface area contributed by atoms with Crippen LogP contribution in [-0.2, 0) is 6.61 Å². The van der Waals surface area contributed by atoms with Crippen molar-refractivity contribution in [1.29, 1.82) is 0 Å². The van der Waals surface area contributed by atoms with E-state index < -0.39 is 41.5 Å². The monoisotopic (exact) mass is 440 g/mol. The normalized spacial score (nSPS) is 16.9. The minimum atomic E-state index is -1.65. The van der Waals surface area contributed by atoms with E-state index in [1.165, 1.54) is 12.1 Å². The lowest BCUT2D eigenvalue weighted by molar-refractivity contribution is 0.0922. The highest BCUT2D eigenvalue weighted by molar-refractivity contribution is 5.93. The quantitative estimate of drug-likeness (QED) is 0.367. The standard InChI is InChI=1S/C22H24F4N2O3/c1-22(2,3)12-4-6-13(7-5-12)27-28-21(29)17-9-8-14(31-17)11-30-20-18(25)15(23)10-16(24)19(20)26/h8-10,12H,4-7,11H2,1-3H3,(H,28,29). The van der Waals surface area contributed by atoms with Gasteiger partial charge in [-0.1, -0.05) is 20.8 Å². The van der Waals surface area contributed by atoms with E-state index in [0.29, 0.717) is 5.92 Å². The zero-order valence-electron chi connectivity index (χ0n) is 17.5. The number of amides is 1. The van der Waals surface area contributed by atoms with Gasteiger partial charge in [0.1, 0.15) is 12.4 Å². The third-order valence-corrected chi connectivity index (χ3v) is 5.42. The summed E-state index contributed by atoms with van der Waals surface area (Å²) in [6, 6.07) is 2.77. The van der Waals surface area contributed by atoms with Crippen molar-refractivity contribution in [2.45, 2.75) is 53.1 Å². The molecule has 1 aromatic carbocycles. The largest absolute Gasteiger partial charge is 0.479 e. The van der Waals surface area contributed by atoms with Crippen molar-refractivity contribution < 1.29 is 31.5 Å². The molecule has 1 fully saturated rings. The van der Waals surface area contributed by atoms with Crippen LogP contribution in [0.3, 0.4) is 0 Å². The number of ether oxygens (including phenoxy) is 1. The molecule has 0 bridgehead atoms. The van der Waals surface area contributed by atoms with Crippen LogP contribution in [0, 0.1) is 34.6 Å². The second-order valence-electron chi connectivity index (χ2n) is 8.61. The highest BCUT2D eigenvalue weighted by Crippen LogP contribution is 2.36. The molecule has 0 unspecified atom stereocenters. The Morgan fingerprint density at radius 3 is 2.32 bits per heavy atom. The maximum absolute atomic E-state index is 13.6. The van der Waals surface area contributed by atoms with E-state index in [0.717, 1.165) is 31.4 Å². The molecule has 2 aromatic rings. The second kappa shape index (κ2) is 9.11. The van der Waals surface area contributed by atoms with Gasteiger partial charge in [0.2, 0.25) is 11.6 Å². The minimum absolute atomic E-state index is 0.0342. The van der Waals surface area contributed by atoms with Gasteiger partial charge in [0.25, 0.3) is 0 Å². The smallest absolute Gasteiger partial charge is 0.307 e. The molecular weight excluding hydrogens is 416 g/mol. The van der Waals surface area contributed by atoms with Crippen molar-refractivity contribution in [1.82, 2.24) is 5.43 Å². The third-order valence-electron chi connectivity index (χ3n) is 5.42. The van der Waals surface area contributed by atoms with Gasteiger partial charge in [0, 0.05) is 11.8 Å². The Morgan fingerprint density at radius 1 is 1.13 bits per heavy atom. The molecule has 0 radical (unpaired) electrons. The Balaban J connectivity index is 1.56. The van der Waals surface area contributed by atoms with Crippen LogP contribution in [0.25, 0.3) is 0 Å². The molecule has 5 nitrogen and oxygen atoms in total. The molecule has 168 valence electrons. The predicted octanol–water partition coefficient (Wildman–Crippen LogP) is 5.74. The summed E-state index contributed by atoms with van der Waals surface area (Å²) in [6.07, 6.45) is 3.63. The van der Waals surface area contributed by atoms with E-state index in [9.17, 15) is 22.4 Å². The number of benzene rings is 1. The fourth-order valence-corrected chi connectivity index (χ4v) is 3.51. The van der Waals surface area contributed by atoms with Gasteiger partial charge in [0.05, 0.1) is 0 Å². The molecule has 9 heteroatoms. The Kier molecular flexibility index (Phi) is 6.71. The van der Waals surface area contributed by atoms with Crippen LogP contribution >= 0.6 is 0 Å². The summed E-state index contributed by atoms with van der Waals surface area (Å²) in [5, 5.41) is 4.16. The Hall–Kier alpha value is -2.84. The predicted molar refractivity (Wildman–Crippen MR) is 106 cm³/mol. The molecule has 1 amide bonds. The van der Waals surface area contributed by atoms with Crippen LogP contribution in [-0.4, -0.2) is 11.6 Å². The number of hydrazone groups is 1. The molecule has 1 saturated carbocycles. The van der Waals surface area contributed by atoms with E-state index in [-0.39, 0.29) is 23.0 Å². The summed E-state index contributed by atoms with van der Waals surface area (Å²) < 4.78 is 63.8. The minimum Gasteiger partial charge on any atom is -0.479 e. The maximum Gasteiger partial charge on any atom is 0.307 e. The van der Waals surface area contributed by atoms with Crippen molar-refractivity contribution in [2.24, 2.45) is 16.4 Å². The van der Waals surface area contributed by atoms with Crippen molar-refractivity contribution in [3.05, 3.63) is 53.0 Å². The second-order valence-corrected chi connectivity index (χ2v) is 8.61. The Bertz CT molecular complexity index is 959. The summed E-state index contributed by atoms with van der Waals surface area (Å²) >= 11 is 0. The van der Waals surface area contributed by atoms with E-state index in [1.807, 2.05) is 0 Å². The number of nitrogens with zero attached hydrogens (tertiary/aromatic N) is 1. The first-order chi connectivity index (χ1) is 14.6. The fourth-order valence-electron chi connectivity index (χ4n) is 3.51. The average molecular weight is 440 g/mol. The van der Waals surface area contributed by atoms with Crippen LogP contribution in [0.15, 0.2) is 27.7 Å². The zero-order chi connectivity index (χ0) is 22.8. The highest BCUT2D eigenvalue weighted by Gasteiger charge is 2.28. The summed E-state index contributed by atoms with van der Waals surface area (Å²) in [4.78, 5) is 12.2. The zero-order valence-corrected chi connectivity index (χ0v) is 17.5. The van der Waals surface area contributed by atoms with E-state index in [2.05, 4.69) is 31.3 Å². The lowest BCUT2D eigenvalue weighted by Gasteiger charge is -2.34. The highest BCUT2D eigenvalue weighted by atomic mass is 19.2. The molecular formula is C22H24F4N2O3. The van der Waals surface area contributed by atoms with Crippen molar-refractivity contribution >= 4 is 11.6 Å². The van der Waals surface area contributed by atoms with Gasteiger partial charge in [-0.25, -0.2) is 14.2 Å². The van der Waals surface area contributed by atoms with Crippen LogP contribution in [0.1, 0.15) is 62.8 Å². The first-order valence-corrected chi connectivity index (χ1v) is 9.96. The fraction of sp³-hybridized carbons (Fsp3) is 0.455. The maximum atomic E-state index is 13.6. The topological polar surface area (TPSA) is 63.8 Å². The number of hydrogen-bond donors (Lipinski definition) is 1. The molecule has 0 atom stereocenters. The number of furan rings is 1. The summed E-state index contributed by atoms with van der Waals surface area (Å²) in [5.41, 5.74) is 3.58. The van der Waals surface area contributed by atoms with Crippen LogP contribution in [0.5, 0.6) is 5.75 Å². The number of hydrogen-bond acceptors (Lipinski definition) is 4. The molecule has 1 aliphatic rings. The molecule has 31 heavy (non-hydrogen) atoms. The van der Waals surface area contributed by atoms with Crippen molar-refractivity contribution in [2.75, 3.05) is 0 Å². The molecule has 0 spiro atoms. The van der Waals surface area contributed by atoms with Gasteiger partial charge in [-0.15, -0.1) is 0 Å². The number of halogens is 4. The lowest BCUT2D eigenvalue weighted by atomic mass is 9.72. The third kappa shape index (κ3) is 5.45.